The molecule has 0 amide bonds. The molecule has 2 unspecified atom stereocenters. The van der Waals surface area contributed by atoms with Crippen LogP contribution in [0.15, 0.2) is 45.3 Å². The molecule has 3 rings (SSSR count). The Morgan fingerprint density at radius 2 is 1.95 bits per heavy atom. The highest BCUT2D eigenvalue weighted by atomic mass is 79.9. The van der Waals surface area contributed by atoms with Gasteiger partial charge in [0.05, 0.1) is 6.61 Å². The summed E-state index contributed by atoms with van der Waals surface area (Å²) in [7, 11) is 2.01. The van der Waals surface area contributed by atoms with Crippen LogP contribution in [0, 0.1) is 6.92 Å². The van der Waals surface area contributed by atoms with Gasteiger partial charge in [0.25, 0.3) is 0 Å². The molecule has 0 spiro atoms. The van der Waals surface area contributed by atoms with Gasteiger partial charge in [-0.1, -0.05) is 50.1 Å². The first-order valence-electron chi connectivity index (χ1n) is 6.96. The number of fused-ring (bicyclic) bond motifs is 1. The van der Waals surface area contributed by atoms with Crippen molar-refractivity contribution in [1.29, 1.82) is 0 Å². The summed E-state index contributed by atoms with van der Waals surface area (Å²) in [5.41, 5.74) is 3.75. The number of nitrogens with one attached hydrogen (secondary N) is 1. The van der Waals surface area contributed by atoms with Gasteiger partial charge < -0.3 is 10.1 Å². The Hall–Kier alpha value is -0.840. The van der Waals surface area contributed by atoms with Gasteiger partial charge in [-0.05, 0) is 43.3 Å². The number of para-hydroxylation sites is 1. The van der Waals surface area contributed by atoms with E-state index in [4.69, 9.17) is 4.74 Å². The van der Waals surface area contributed by atoms with Gasteiger partial charge in [-0.15, -0.1) is 0 Å². The normalized spacial score (nSPS) is 18.2. The Bertz CT molecular complexity index is 672. The molecule has 1 aliphatic heterocycles. The van der Waals surface area contributed by atoms with Gasteiger partial charge in [0.1, 0.15) is 5.75 Å². The Balaban J connectivity index is 2.03. The minimum Gasteiger partial charge on any atom is -0.493 e. The SMILES string of the molecule is CNC(c1cc(Br)c(C)cc1Br)C1COc2ccccc21. The van der Waals surface area contributed by atoms with Crippen molar-refractivity contribution in [1.82, 2.24) is 5.32 Å². The van der Waals surface area contributed by atoms with E-state index in [1.807, 2.05) is 19.2 Å². The molecule has 1 aliphatic rings. The third-order valence-electron chi connectivity index (χ3n) is 4.06. The van der Waals surface area contributed by atoms with Crippen molar-refractivity contribution in [3.8, 4) is 5.75 Å². The zero-order valence-corrected chi connectivity index (χ0v) is 15.2. The summed E-state index contributed by atoms with van der Waals surface area (Å²) in [6, 6.07) is 12.9. The highest BCUT2D eigenvalue weighted by Gasteiger charge is 2.32. The van der Waals surface area contributed by atoms with Gasteiger partial charge >= 0.3 is 0 Å². The minimum absolute atomic E-state index is 0.208. The number of aryl methyl sites for hydroxylation is 1. The van der Waals surface area contributed by atoms with Gasteiger partial charge in [-0.3, -0.25) is 0 Å². The summed E-state index contributed by atoms with van der Waals surface area (Å²) < 4.78 is 8.11. The van der Waals surface area contributed by atoms with Crippen molar-refractivity contribution in [2.24, 2.45) is 0 Å². The molecule has 0 radical (unpaired) electrons. The van der Waals surface area contributed by atoms with Crippen LogP contribution in [0.4, 0.5) is 0 Å². The van der Waals surface area contributed by atoms with Crippen LogP contribution in [0.25, 0.3) is 0 Å². The van der Waals surface area contributed by atoms with Crippen LogP contribution in [0.5, 0.6) is 5.75 Å². The third kappa shape index (κ3) is 2.77. The van der Waals surface area contributed by atoms with Gasteiger partial charge in [-0.25, -0.2) is 0 Å². The second-order valence-corrected chi connectivity index (χ2v) is 7.05. The van der Waals surface area contributed by atoms with Gasteiger partial charge in [0, 0.05) is 26.5 Å². The van der Waals surface area contributed by atoms with Crippen LogP contribution < -0.4 is 10.1 Å². The van der Waals surface area contributed by atoms with Gasteiger partial charge in [0.2, 0.25) is 0 Å². The maximum absolute atomic E-state index is 5.84. The number of likely N-dealkylation sites (N-methyl/N-ethyl adjacent to an activating group) is 1. The van der Waals surface area contributed by atoms with Crippen LogP contribution in [-0.2, 0) is 0 Å². The largest absolute Gasteiger partial charge is 0.493 e. The summed E-state index contributed by atoms with van der Waals surface area (Å²) in [6.45, 7) is 2.81. The van der Waals surface area contributed by atoms with Crippen molar-refractivity contribution in [2.45, 2.75) is 18.9 Å². The molecule has 2 nitrogen and oxygen atoms in total. The summed E-state index contributed by atoms with van der Waals surface area (Å²) in [6.07, 6.45) is 0. The predicted octanol–water partition coefficient (Wildman–Crippen LogP) is 4.96. The van der Waals surface area contributed by atoms with E-state index in [9.17, 15) is 0 Å². The second-order valence-electron chi connectivity index (χ2n) is 5.34. The molecule has 21 heavy (non-hydrogen) atoms. The number of halogens is 2. The predicted molar refractivity (Wildman–Crippen MR) is 93.1 cm³/mol. The minimum atomic E-state index is 0.208. The lowest BCUT2D eigenvalue weighted by molar-refractivity contribution is 0.304. The van der Waals surface area contributed by atoms with Crippen molar-refractivity contribution < 1.29 is 4.74 Å². The molecule has 2 aromatic carbocycles. The van der Waals surface area contributed by atoms with Crippen LogP contribution >= 0.6 is 31.9 Å². The van der Waals surface area contributed by atoms with Crippen LogP contribution in [0.1, 0.15) is 28.7 Å². The zero-order chi connectivity index (χ0) is 15.0. The van der Waals surface area contributed by atoms with E-state index >= 15 is 0 Å². The maximum Gasteiger partial charge on any atom is 0.122 e. The zero-order valence-electron chi connectivity index (χ0n) is 12.0. The van der Waals surface area contributed by atoms with Crippen LogP contribution in [0.2, 0.25) is 0 Å². The second kappa shape index (κ2) is 6.11. The smallest absolute Gasteiger partial charge is 0.122 e. The monoisotopic (exact) mass is 409 g/mol. The van der Waals surface area contributed by atoms with Gasteiger partial charge in [0.15, 0.2) is 0 Å². The fraction of sp³-hybridized carbons (Fsp3) is 0.294. The van der Waals surface area contributed by atoms with Crippen molar-refractivity contribution >= 4 is 31.9 Å². The van der Waals surface area contributed by atoms with Crippen molar-refractivity contribution in [2.75, 3.05) is 13.7 Å². The molecule has 0 aliphatic carbocycles. The van der Waals surface area contributed by atoms with Crippen molar-refractivity contribution in [3.63, 3.8) is 0 Å². The Labute approximate surface area is 142 Å². The maximum atomic E-state index is 5.84. The molecule has 0 fully saturated rings. The van der Waals surface area contributed by atoms with E-state index < -0.39 is 0 Å². The summed E-state index contributed by atoms with van der Waals surface area (Å²) in [5.74, 6) is 1.32. The lowest BCUT2D eigenvalue weighted by Gasteiger charge is -2.24. The third-order valence-corrected chi connectivity index (χ3v) is 5.60. The van der Waals surface area contributed by atoms with Gasteiger partial charge in [-0.2, -0.15) is 0 Å². The Morgan fingerprint density at radius 3 is 2.71 bits per heavy atom. The van der Waals surface area contributed by atoms with Crippen molar-refractivity contribution in [3.05, 3.63) is 62.0 Å². The molecule has 1 N–H and O–H groups in total. The molecule has 2 atom stereocenters. The Kier molecular flexibility index (Phi) is 4.38. The van der Waals surface area contributed by atoms with E-state index in [2.05, 4.69) is 68.4 Å². The number of benzene rings is 2. The molecule has 0 aromatic heterocycles. The number of hydrogen-bond donors (Lipinski definition) is 1. The molecular weight excluding hydrogens is 394 g/mol. The van der Waals surface area contributed by atoms with E-state index in [1.165, 1.54) is 16.7 Å². The standard InChI is InChI=1S/C17H17Br2NO/c1-10-7-15(19)12(8-14(10)18)17(20-2)13-9-21-16-6-4-3-5-11(13)16/h3-8,13,17,20H,9H2,1-2H3. The van der Waals surface area contributed by atoms with E-state index in [1.54, 1.807) is 0 Å². The highest BCUT2D eigenvalue weighted by molar-refractivity contribution is 9.11. The number of hydrogen-bond acceptors (Lipinski definition) is 2. The first-order valence-corrected chi connectivity index (χ1v) is 8.55. The average molecular weight is 411 g/mol. The molecule has 4 heteroatoms. The molecular formula is C17H17Br2NO. The quantitative estimate of drug-likeness (QED) is 0.772. The Morgan fingerprint density at radius 1 is 1.19 bits per heavy atom. The molecule has 0 bridgehead atoms. The number of ether oxygens (including phenoxy) is 1. The number of rotatable bonds is 3. The van der Waals surface area contributed by atoms with E-state index in [0.717, 1.165) is 14.7 Å². The fourth-order valence-electron chi connectivity index (χ4n) is 2.94. The fourth-order valence-corrected chi connectivity index (χ4v) is 4.00. The first kappa shape index (κ1) is 15.1. The molecule has 2 aromatic rings. The van der Waals surface area contributed by atoms with Crippen LogP contribution in [-0.4, -0.2) is 13.7 Å². The highest BCUT2D eigenvalue weighted by Crippen LogP contribution is 2.43. The molecule has 0 saturated heterocycles. The summed E-state index contributed by atoms with van der Waals surface area (Å²) in [5, 5.41) is 3.46. The lowest BCUT2D eigenvalue weighted by Crippen LogP contribution is -2.25. The molecule has 110 valence electrons. The summed E-state index contributed by atoms with van der Waals surface area (Å²) >= 11 is 7.35. The average Bonchev–Trinajstić information content (AvgIpc) is 2.89. The lowest BCUT2D eigenvalue weighted by atomic mass is 9.88. The van der Waals surface area contributed by atoms with Crippen LogP contribution in [0.3, 0.4) is 0 Å². The molecule has 0 saturated carbocycles. The topological polar surface area (TPSA) is 21.3 Å². The summed E-state index contributed by atoms with van der Waals surface area (Å²) in [4.78, 5) is 0. The van der Waals surface area contributed by atoms with E-state index in [-0.39, 0.29) is 6.04 Å². The van der Waals surface area contributed by atoms with E-state index in [0.29, 0.717) is 12.5 Å². The molecule has 1 heterocycles. The first-order chi connectivity index (χ1) is 10.1.